The van der Waals surface area contributed by atoms with Gasteiger partial charge in [-0.3, -0.25) is 15.1 Å². The van der Waals surface area contributed by atoms with Gasteiger partial charge in [-0.1, -0.05) is 24.2 Å². The predicted octanol–water partition coefficient (Wildman–Crippen LogP) is 2.96. The van der Waals surface area contributed by atoms with Crippen LogP contribution in [0.3, 0.4) is 0 Å². The number of sulfone groups is 1. The number of amides is 2. The van der Waals surface area contributed by atoms with Gasteiger partial charge >= 0.3 is 6.03 Å². The number of carbonyl (C=O) groups is 2. The van der Waals surface area contributed by atoms with Crippen molar-refractivity contribution < 1.29 is 18.0 Å². The zero-order valence-electron chi connectivity index (χ0n) is 14.1. The van der Waals surface area contributed by atoms with E-state index >= 15 is 0 Å². The molecule has 10 heteroatoms. The molecular formula is C16H18N4O4S2. The lowest BCUT2D eigenvalue weighted by molar-refractivity contribution is 0.0923. The molecule has 1 fully saturated rings. The second-order valence-electron chi connectivity index (χ2n) is 6.10. The summed E-state index contributed by atoms with van der Waals surface area (Å²) in [6.07, 6.45) is 9.00. The van der Waals surface area contributed by atoms with Crippen LogP contribution >= 0.6 is 11.3 Å². The highest BCUT2D eigenvalue weighted by Crippen LogP contribution is 2.30. The minimum absolute atomic E-state index is 0.00816. The zero-order chi connectivity index (χ0) is 18.7. The summed E-state index contributed by atoms with van der Waals surface area (Å²) in [7, 11) is -3.37. The minimum Gasteiger partial charge on any atom is -0.305 e. The Labute approximate surface area is 155 Å². The third kappa shape index (κ3) is 4.25. The van der Waals surface area contributed by atoms with Crippen LogP contribution in [0.5, 0.6) is 0 Å². The molecule has 2 aromatic heterocycles. The second kappa shape index (κ2) is 7.50. The van der Waals surface area contributed by atoms with E-state index in [9.17, 15) is 18.0 Å². The van der Waals surface area contributed by atoms with E-state index in [1.54, 1.807) is 6.07 Å². The molecule has 1 aliphatic carbocycles. The molecular weight excluding hydrogens is 376 g/mol. The highest BCUT2D eigenvalue weighted by atomic mass is 32.2. The topological polar surface area (TPSA) is 118 Å². The van der Waals surface area contributed by atoms with Gasteiger partial charge in [-0.05, 0) is 18.9 Å². The first-order chi connectivity index (χ1) is 12.3. The second-order valence-corrected chi connectivity index (χ2v) is 9.38. The first-order valence-corrected chi connectivity index (χ1v) is 10.8. The molecule has 0 bridgehead atoms. The van der Waals surface area contributed by atoms with Gasteiger partial charge in [0.1, 0.15) is 4.21 Å². The average Bonchev–Trinajstić information content (AvgIpc) is 3.25. The molecule has 0 radical (unpaired) electrons. The van der Waals surface area contributed by atoms with Crippen molar-refractivity contribution in [2.24, 2.45) is 5.92 Å². The Morgan fingerprint density at radius 1 is 1.19 bits per heavy atom. The summed E-state index contributed by atoms with van der Waals surface area (Å²) in [5.41, 5.74) is 0.750. The number of rotatable bonds is 5. The Hall–Kier alpha value is -2.33. The molecule has 2 aromatic rings. The van der Waals surface area contributed by atoms with Crippen molar-refractivity contribution in [3.63, 3.8) is 0 Å². The Kier molecular flexibility index (Phi) is 5.33. The first-order valence-electron chi connectivity index (χ1n) is 8.06. The Morgan fingerprint density at radius 2 is 1.92 bits per heavy atom. The van der Waals surface area contributed by atoms with Crippen LogP contribution in [0.2, 0.25) is 0 Å². The van der Waals surface area contributed by atoms with Crippen LogP contribution in [0.25, 0.3) is 0 Å². The van der Waals surface area contributed by atoms with E-state index < -0.39 is 15.9 Å². The van der Waals surface area contributed by atoms with Gasteiger partial charge in [-0.15, -0.1) is 0 Å². The van der Waals surface area contributed by atoms with Crippen molar-refractivity contribution in [3.8, 4) is 0 Å². The summed E-state index contributed by atoms with van der Waals surface area (Å²) in [6.45, 7) is 0. The fraction of sp³-hybridized carbons (Fsp3) is 0.375. The van der Waals surface area contributed by atoms with Crippen LogP contribution in [0.1, 0.15) is 36.0 Å². The molecule has 2 N–H and O–H groups in total. The van der Waals surface area contributed by atoms with Crippen molar-refractivity contribution in [1.82, 2.24) is 9.97 Å². The Balaban J connectivity index is 1.71. The van der Waals surface area contributed by atoms with Gasteiger partial charge in [-0.2, -0.15) is 0 Å². The summed E-state index contributed by atoms with van der Waals surface area (Å²) in [5, 5.41) is 5.22. The maximum absolute atomic E-state index is 12.6. The average molecular weight is 394 g/mol. The fourth-order valence-corrected chi connectivity index (χ4v) is 4.49. The van der Waals surface area contributed by atoms with Gasteiger partial charge in [0.25, 0.3) is 0 Å². The lowest BCUT2D eigenvalue weighted by Gasteiger charge is -2.13. The number of thiazole rings is 1. The lowest BCUT2D eigenvalue weighted by Crippen LogP contribution is -2.22. The van der Waals surface area contributed by atoms with Crippen molar-refractivity contribution in [2.75, 3.05) is 16.9 Å². The molecule has 1 aliphatic rings. The Bertz CT molecular complexity index is 933. The zero-order valence-corrected chi connectivity index (χ0v) is 15.7. The van der Waals surface area contributed by atoms with Gasteiger partial charge in [0.15, 0.2) is 20.8 Å². The molecule has 2 heterocycles. The molecule has 138 valence electrons. The number of urea groups is 1. The van der Waals surface area contributed by atoms with Crippen LogP contribution in [0, 0.1) is 5.92 Å². The van der Waals surface area contributed by atoms with Gasteiger partial charge in [0.2, 0.25) is 0 Å². The lowest BCUT2D eigenvalue weighted by atomic mass is 9.96. The van der Waals surface area contributed by atoms with Gasteiger partial charge < -0.3 is 5.32 Å². The van der Waals surface area contributed by atoms with E-state index in [2.05, 4.69) is 20.6 Å². The smallest absolute Gasteiger partial charge is 0.305 e. The fourth-order valence-electron chi connectivity index (χ4n) is 2.86. The number of aromatic nitrogens is 2. The number of nitrogens with zero attached hydrogens (tertiary/aromatic N) is 2. The third-order valence-corrected chi connectivity index (χ3v) is 6.83. The van der Waals surface area contributed by atoms with E-state index in [4.69, 9.17) is 0 Å². The number of nitrogens with one attached hydrogen (secondary N) is 2. The summed E-state index contributed by atoms with van der Waals surface area (Å²) in [5.74, 6) is -0.00824. The van der Waals surface area contributed by atoms with E-state index in [-0.39, 0.29) is 21.0 Å². The first kappa shape index (κ1) is 18.5. The summed E-state index contributed by atoms with van der Waals surface area (Å²) in [6, 6.07) is 0.981. The van der Waals surface area contributed by atoms with E-state index in [1.165, 1.54) is 18.6 Å². The molecule has 0 saturated heterocycles. The largest absolute Gasteiger partial charge is 0.325 e. The molecule has 8 nitrogen and oxygen atoms in total. The maximum Gasteiger partial charge on any atom is 0.325 e. The molecule has 26 heavy (non-hydrogen) atoms. The SMILES string of the molecule is CS(=O)(=O)c1cnc(NC(=O)Nc2cnccc2C(=O)C2CCCC2)s1. The predicted molar refractivity (Wildman–Crippen MR) is 98.4 cm³/mol. The number of hydrogen-bond donors (Lipinski definition) is 2. The normalized spacial score (nSPS) is 15.0. The number of pyridine rings is 1. The van der Waals surface area contributed by atoms with Crippen molar-refractivity contribution in [3.05, 3.63) is 30.2 Å². The van der Waals surface area contributed by atoms with Crippen molar-refractivity contribution in [1.29, 1.82) is 0 Å². The van der Waals surface area contributed by atoms with Crippen LogP contribution in [0.15, 0.2) is 28.9 Å². The number of carbonyl (C=O) groups excluding carboxylic acids is 2. The summed E-state index contributed by atoms with van der Waals surface area (Å²) < 4.78 is 23.0. The van der Waals surface area contributed by atoms with Crippen LogP contribution in [-0.2, 0) is 9.84 Å². The summed E-state index contributed by atoms with van der Waals surface area (Å²) in [4.78, 5) is 32.7. The maximum atomic E-state index is 12.6. The molecule has 0 atom stereocenters. The van der Waals surface area contributed by atoms with Crippen LogP contribution in [-0.4, -0.2) is 36.5 Å². The molecule has 2 amide bonds. The highest BCUT2D eigenvalue weighted by Gasteiger charge is 2.26. The van der Waals surface area contributed by atoms with Gasteiger partial charge in [0, 0.05) is 23.9 Å². The molecule has 1 saturated carbocycles. The van der Waals surface area contributed by atoms with Crippen molar-refractivity contribution in [2.45, 2.75) is 29.9 Å². The van der Waals surface area contributed by atoms with Crippen molar-refractivity contribution >= 4 is 43.8 Å². The third-order valence-electron chi connectivity index (χ3n) is 4.13. The summed E-state index contributed by atoms with van der Waals surface area (Å²) >= 11 is 0.856. The van der Waals surface area contributed by atoms with Gasteiger partial charge in [0.05, 0.1) is 18.1 Å². The Morgan fingerprint density at radius 3 is 2.58 bits per heavy atom. The quantitative estimate of drug-likeness (QED) is 0.753. The van der Waals surface area contributed by atoms with E-state index in [0.29, 0.717) is 11.3 Å². The number of ketones is 1. The minimum atomic E-state index is -3.37. The van der Waals surface area contributed by atoms with E-state index in [0.717, 1.165) is 43.3 Å². The number of anilines is 2. The molecule has 0 spiro atoms. The van der Waals surface area contributed by atoms with Crippen LogP contribution < -0.4 is 10.6 Å². The van der Waals surface area contributed by atoms with Crippen LogP contribution in [0.4, 0.5) is 15.6 Å². The van der Waals surface area contributed by atoms with E-state index in [1.807, 2.05) is 0 Å². The van der Waals surface area contributed by atoms with Gasteiger partial charge in [-0.25, -0.2) is 18.2 Å². The molecule has 0 aromatic carbocycles. The molecule has 0 aliphatic heterocycles. The standard InChI is InChI=1S/C16H18N4O4S2/c1-26(23,24)13-9-18-16(25-13)20-15(22)19-12-8-17-7-6-11(12)14(21)10-4-2-3-5-10/h6-10H,2-5H2,1H3,(H2,18,19,20,22). The number of Topliss-reactive ketones (excluding diaryl/α,β-unsaturated/α-hetero) is 1. The molecule has 0 unspecified atom stereocenters. The molecule has 3 rings (SSSR count). The highest BCUT2D eigenvalue weighted by molar-refractivity contribution is 7.92. The number of hydrogen-bond acceptors (Lipinski definition) is 7. The monoisotopic (exact) mass is 394 g/mol.